The number of nitrogens with zero attached hydrogens (tertiary/aromatic N) is 1. The molecule has 0 unspecified atom stereocenters. The summed E-state index contributed by atoms with van der Waals surface area (Å²) < 4.78 is 5.04. The number of carbonyl (C=O) groups excluding carboxylic acids is 4. The number of hydrogen-bond donors (Lipinski definition) is 2. The van der Waals surface area contributed by atoms with Crippen molar-refractivity contribution in [1.29, 1.82) is 0 Å². The summed E-state index contributed by atoms with van der Waals surface area (Å²) in [6.07, 6.45) is 0.950. The van der Waals surface area contributed by atoms with Crippen molar-refractivity contribution in [1.82, 2.24) is 15.5 Å². The number of esters is 1. The summed E-state index contributed by atoms with van der Waals surface area (Å²) >= 11 is 0. The molecule has 2 rings (SSSR count). The smallest absolute Gasteiger partial charge is 0.321 e. The molecular formula is C21H29N3O5. The number of hydrogen-bond acceptors (Lipinski definition) is 5. The molecule has 4 amide bonds. The molecule has 158 valence electrons. The molecule has 2 N–H and O–H groups in total. The second-order valence-corrected chi connectivity index (χ2v) is 8.24. The van der Waals surface area contributed by atoms with E-state index in [0.29, 0.717) is 31.5 Å². The van der Waals surface area contributed by atoms with Crippen LogP contribution in [0, 0.1) is 12.8 Å². The normalized spacial score (nSPS) is 14.8. The summed E-state index contributed by atoms with van der Waals surface area (Å²) in [6, 6.07) is 6.77. The Morgan fingerprint density at radius 3 is 2.31 bits per heavy atom. The maximum Gasteiger partial charge on any atom is 0.321 e. The lowest BCUT2D eigenvalue weighted by Gasteiger charge is -2.31. The molecule has 8 heteroatoms. The standard InChI is InChI=1S/C21H29N3O5/c1-14-7-5-6-8-16(14)18(26)24-11-9-15(10-12-24)19(27)29-13-17(25)22-20(28)23-21(2,3)4/h5-8,15H,9-13H2,1-4H3,(H2,22,23,25,28). The van der Waals surface area contributed by atoms with Gasteiger partial charge in [-0.2, -0.15) is 0 Å². The summed E-state index contributed by atoms with van der Waals surface area (Å²) in [7, 11) is 0. The molecule has 1 fully saturated rings. The van der Waals surface area contributed by atoms with Crippen LogP contribution in [0.5, 0.6) is 0 Å². The molecule has 1 aliphatic heterocycles. The van der Waals surface area contributed by atoms with E-state index < -0.39 is 30.1 Å². The lowest BCUT2D eigenvalue weighted by molar-refractivity contribution is -0.153. The van der Waals surface area contributed by atoms with Crippen LogP contribution >= 0.6 is 0 Å². The van der Waals surface area contributed by atoms with E-state index in [0.717, 1.165) is 5.56 Å². The van der Waals surface area contributed by atoms with E-state index in [-0.39, 0.29) is 11.8 Å². The maximum absolute atomic E-state index is 12.6. The SMILES string of the molecule is Cc1ccccc1C(=O)N1CCC(C(=O)OCC(=O)NC(=O)NC(C)(C)C)CC1. The van der Waals surface area contributed by atoms with E-state index in [1.54, 1.807) is 31.7 Å². The van der Waals surface area contributed by atoms with Crippen molar-refractivity contribution in [3.05, 3.63) is 35.4 Å². The van der Waals surface area contributed by atoms with Crippen LogP contribution in [0.15, 0.2) is 24.3 Å². The molecule has 0 bridgehead atoms. The lowest BCUT2D eigenvalue weighted by atomic mass is 9.96. The van der Waals surface area contributed by atoms with Gasteiger partial charge in [0.05, 0.1) is 5.92 Å². The maximum atomic E-state index is 12.6. The van der Waals surface area contributed by atoms with E-state index >= 15 is 0 Å². The molecule has 0 atom stereocenters. The molecule has 0 aliphatic carbocycles. The monoisotopic (exact) mass is 403 g/mol. The Balaban J connectivity index is 1.76. The zero-order valence-corrected chi connectivity index (χ0v) is 17.4. The van der Waals surface area contributed by atoms with Crippen molar-refractivity contribution in [3.8, 4) is 0 Å². The van der Waals surface area contributed by atoms with Crippen LogP contribution in [0.1, 0.15) is 49.5 Å². The van der Waals surface area contributed by atoms with Gasteiger partial charge in [0.2, 0.25) is 0 Å². The number of urea groups is 1. The third-order valence-electron chi connectivity index (χ3n) is 4.58. The number of carbonyl (C=O) groups is 4. The molecule has 1 saturated heterocycles. The molecule has 0 saturated carbocycles. The highest BCUT2D eigenvalue weighted by atomic mass is 16.5. The minimum absolute atomic E-state index is 0.0424. The van der Waals surface area contributed by atoms with Crippen LogP contribution in [-0.4, -0.2) is 54.0 Å². The topological polar surface area (TPSA) is 105 Å². The molecule has 1 heterocycles. The highest BCUT2D eigenvalue weighted by Crippen LogP contribution is 2.21. The molecular weight excluding hydrogens is 374 g/mol. The van der Waals surface area contributed by atoms with Crippen LogP contribution in [0.25, 0.3) is 0 Å². The Hall–Kier alpha value is -2.90. The van der Waals surface area contributed by atoms with E-state index in [1.807, 2.05) is 25.1 Å². The number of ether oxygens (including phenoxy) is 1. The molecule has 1 aliphatic rings. The Kier molecular flexibility index (Phi) is 7.36. The van der Waals surface area contributed by atoms with Gasteiger partial charge in [0, 0.05) is 24.2 Å². The van der Waals surface area contributed by atoms with Gasteiger partial charge in [0.15, 0.2) is 6.61 Å². The Morgan fingerprint density at radius 1 is 1.10 bits per heavy atom. The fraction of sp³-hybridized carbons (Fsp3) is 0.524. The summed E-state index contributed by atoms with van der Waals surface area (Å²) in [6.45, 7) is 7.64. The van der Waals surface area contributed by atoms with Gasteiger partial charge < -0.3 is 15.0 Å². The number of nitrogens with one attached hydrogen (secondary N) is 2. The van der Waals surface area contributed by atoms with Crippen LogP contribution in [0.3, 0.4) is 0 Å². The largest absolute Gasteiger partial charge is 0.455 e. The Morgan fingerprint density at radius 2 is 1.72 bits per heavy atom. The predicted molar refractivity (Wildman–Crippen MR) is 107 cm³/mol. The fourth-order valence-corrected chi connectivity index (χ4v) is 3.09. The summed E-state index contributed by atoms with van der Waals surface area (Å²) in [5.74, 6) is -1.59. The average molecular weight is 403 g/mol. The highest BCUT2D eigenvalue weighted by molar-refractivity contribution is 5.96. The van der Waals surface area contributed by atoms with Gasteiger partial charge in [-0.05, 0) is 52.2 Å². The highest BCUT2D eigenvalue weighted by Gasteiger charge is 2.29. The molecule has 0 radical (unpaired) electrons. The van der Waals surface area contributed by atoms with Crippen LogP contribution in [0.2, 0.25) is 0 Å². The summed E-state index contributed by atoms with van der Waals surface area (Å²) in [5.41, 5.74) is 1.10. The second-order valence-electron chi connectivity index (χ2n) is 8.24. The molecule has 0 spiro atoms. The van der Waals surface area contributed by atoms with Gasteiger partial charge >= 0.3 is 12.0 Å². The lowest BCUT2D eigenvalue weighted by Crippen LogP contribution is -2.49. The van der Waals surface area contributed by atoms with Crippen molar-refractivity contribution < 1.29 is 23.9 Å². The predicted octanol–water partition coefficient (Wildman–Crippen LogP) is 2.01. The number of likely N-dealkylation sites (tertiary alicyclic amines) is 1. The Labute approximate surface area is 171 Å². The number of aryl methyl sites for hydroxylation is 1. The first-order valence-corrected chi connectivity index (χ1v) is 9.70. The van der Waals surface area contributed by atoms with Crippen molar-refractivity contribution in [2.24, 2.45) is 5.92 Å². The van der Waals surface area contributed by atoms with Crippen LogP contribution in [0.4, 0.5) is 4.79 Å². The second kappa shape index (κ2) is 9.54. The molecule has 29 heavy (non-hydrogen) atoms. The third kappa shape index (κ3) is 6.89. The Bertz CT molecular complexity index is 777. The molecule has 8 nitrogen and oxygen atoms in total. The number of imide groups is 1. The van der Waals surface area contributed by atoms with E-state index in [2.05, 4.69) is 10.6 Å². The van der Waals surface area contributed by atoms with Gasteiger partial charge in [-0.1, -0.05) is 18.2 Å². The van der Waals surface area contributed by atoms with Gasteiger partial charge in [-0.3, -0.25) is 19.7 Å². The van der Waals surface area contributed by atoms with Crippen molar-refractivity contribution in [2.75, 3.05) is 19.7 Å². The molecule has 0 aromatic heterocycles. The minimum Gasteiger partial charge on any atom is -0.455 e. The van der Waals surface area contributed by atoms with E-state index in [4.69, 9.17) is 4.74 Å². The number of piperidine rings is 1. The average Bonchev–Trinajstić information content (AvgIpc) is 2.64. The third-order valence-corrected chi connectivity index (χ3v) is 4.58. The molecule has 1 aromatic rings. The first-order valence-electron chi connectivity index (χ1n) is 9.70. The zero-order chi connectivity index (χ0) is 21.6. The summed E-state index contributed by atoms with van der Waals surface area (Å²) in [5, 5.41) is 4.71. The summed E-state index contributed by atoms with van der Waals surface area (Å²) in [4.78, 5) is 50.0. The van der Waals surface area contributed by atoms with Crippen molar-refractivity contribution in [2.45, 2.75) is 46.1 Å². The van der Waals surface area contributed by atoms with Gasteiger partial charge in [0.25, 0.3) is 11.8 Å². The first-order chi connectivity index (χ1) is 13.6. The zero-order valence-electron chi connectivity index (χ0n) is 17.4. The van der Waals surface area contributed by atoms with E-state index in [1.165, 1.54) is 0 Å². The number of benzene rings is 1. The van der Waals surface area contributed by atoms with Gasteiger partial charge in [0.1, 0.15) is 0 Å². The van der Waals surface area contributed by atoms with Gasteiger partial charge in [-0.15, -0.1) is 0 Å². The quantitative estimate of drug-likeness (QED) is 0.749. The molecule has 1 aromatic carbocycles. The van der Waals surface area contributed by atoms with E-state index in [9.17, 15) is 19.2 Å². The number of amides is 4. The first kappa shape index (κ1) is 22.4. The fourth-order valence-electron chi connectivity index (χ4n) is 3.09. The van der Waals surface area contributed by atoms with Gasteiger partial charge in [-0.25, -0.2) is 4.79 Å². The number of rotatable bonds is 4. The van der Waals surface area contributed by atoms with Crippen molar-refractivity contribution >= 4 is 23.8 Å². The minimum atomic E-state index is -0.688. The van der Waals surface area contributed by atoms with Crippen molar-refractivity contribution in [3.63, 3.8) is 0 Å². The van der Waals surface area contributed by atoms with Crippen LogP contribution in [-0.2, 0) is 14.3 Å². The van der Waals surface area contributed by atoms with Crippen LogP contribution < -0.4 is 10.6 Å².